The maximum absolute atomic E-state index is 13.6. The molecule has 0 aromatic carbocycles. The third-order valence-corrected chi connectivity index (χ3v) is 5.61. The van der Waals surface area contributed by atoms with Gasteiger partial charge in [0.15, 0.2) is 0 Å². The van der Waals surface area contributed by atoms with E-state index in [0.717, 1.165) is 41.6 Å². The number of hydrogen-bond donors (Lipinski definition) is 0. The summed E-state index contributed by atoms with van der Waals surface area (Å²) in [5.41, 5.74) is 4.42. The lowest BCUT2D eigenvalue weighted by Gasteiger charge is -2.36. The Balaban J connectivity index is 1.78. The fourth-order valence-electron chi connectivity index (χ4n) is 4.14. The summed E-state index contributed by atoms with van der Waals surface area (Å²) < 4.78 is 5.63. The zero-order valence-corrected chi connectivity index (χ0v) is 18.2. The van der Waals surface area contributed by atoms with Crippen LogP contribution in [0, 0.1) is 13.8 Å². The second kappa shape index (κ2) is 9.20. The number of pyridine rings is 2. The van der Waals surface area contributed by atoms with Crippen molar-refractivity contribution in [3.63, 3.8) is 0 Å². The van der Waals surface area contributed by atoms with Crippen molar-refractivity contribution in [2.24, 2.45) is 0 Å². The molecule has 0 aliphatic carbocycles. The number of amides is 1. The Morgan fingerprint density at radius 2 is 2.00 bits per heavy atom. The largest absolute Gasteiger partial charge is 0.477 e. The fourth-order valence-corrected chi connectivity index (χ4v) is 4.14. The van der Waals surface area contributed by atoms with Crippen LogP contribution in [0.2, 0.25) is 0 Å². The summed E-state index contributed by atoms with van der Waals surface area (Å²) >= 11 is 0. The molecular formula is C24H27N5O2. The summed E-state index contributed by atoms with van der Waals surface area (Å²) in [6.07, 6.45) is 9.98. The van der Waals surface area contributed by atoms with E-state index in [9.17, 15) is 4.79 Å². The van der Waals surface area contributed by atoms with E-state index in [1.807, 2.05) is 44.1 Å². The van der Waals surface area contributed by atoms with E-state index in [4.69, 9.17) is 9.72 Å². The number of likely N-dealkylation sites (tertiary alicyclic amines) is 1. The van der Waals surface area contributed by atoms with Crippen LogP contribution in [0.15, 0.2) is 43.0 Å². The zero-order chi connectivity index (χ0) is 21.8. The van der Waals surface area contributed by atoms with E-state index in [1.165, 1.54) is 0 Å². The first-order valence-electron chi connectivity index (χ1n) is 10.7. The number of carbonyl (C=O) groups excluding carboxylic acids is 1. The van der Waals surface area contributed by atoms with E-state index in [0.29, 0.717) is 30.4 Å². The summed E-state index contributed by atoms with van der Waals surface area (Å²) in [7, 11) is 0. The lowest BCUT2D eigenvalue weighted by molar-refractivity contribution is 0.0601. The minimum Gasteiger partial charge on any atom is -0.477 e. The monoisotopic (exact) mass is 417 g/mol. The average Bonchev–Trinajstić information content (AvgIpc) is 2.80. The van der Waals surface area contributed by atoms with Gasteiger partial charge in [-0.3, -0.25) is 9.78 Å². The van der Waals surface area contributed by atoms with Crippen molar-refractivity contribution in [3.8, 4) is 17.0 Å². The molecule has 3 aromatic heterocycles. The van der Waals surface area contributed by atoms with Gasteiger partial charge in [-0.05, 0) is 69.4 Å². The lowest BCUT2D eigenvalue weighted by Crippen LogP contribution is -2.39. The minimum absolute atomic E-state index is 0.0742. The van der Waals surface area contributed by atoms with Crippen molar-refractivity contribution < 1.29 is 9.53 Å². The van der Waals surface area contributed by atoms with Crippen LogP contribution in [0.1, 0.15) is 59.7 Å². The molecule has 0 unspecified atom stereocenters. The molecule has 1 aliphatic rings. The van der Waals surface area contributed by atoms with Crippen LogP contribution >= 0.6 is 0 Å². The van der Waals surface area contributed by atoms with Crippen molar-refractivity contribution in [1.29, 1.82) is 0 Å². The van der Waals surface area contributed by atoms with Crippen LogP contribution in [0.25, 0.3) is 11.1 Å². The van der Waals surface area contributed by atoms with Gasteiger partial charge in [0.25, 0.3) is 5.91 Å². The second-order valence-electron chi connectivity index (χ2n) is 7.71. The molecule has 160 valence electrons. The van der Waals surface area contributed by atoms with Crippen LogP contribution in [-0.2, 0) is 0 Å². The van der Waals surface area contributed by atoms with Crippen LogP contribution in [-0.4, -0.2) is 43.9 Å². The quantitative estimate of drug-likeness (QED) is 0.615. The summed E-state index contributed by atoms with van der Waals surface area (Å²) in [5.74, 6) is 0.998. The maximum Gasteiger partial charge on any atom is 0.259 e. The number of rotatable bonds is 5. The minimum atomic E-state index is -0.139. The van der Waals surface area contributed by atoms with E-state index in [1.54, 1.807) is 24.5 Å². The first-order chi connectivity index (χ1) is 15.1. The molecule has 1 atom stereocenters. The molecule has 0 radical (unpaired) electrons. The molecule has 0 N–H and O–H groups in total. The van der Waals surface area contributed by atoms with Gasteiger partial charge < -0.3 is 9.64 Å². The third kappa shape index (κ3) is 4.26. The number of aromatic nitrogens is 4. The zero-order valence-electron chi connectivity index (χ0n) is 18.2. The molecule has 0 saturated carbocycles. The molecule has 7 nitrogen and oxygen atoms in total. The van der Waals surface area contributed by atoms with Crippen molar-refractivity contribution in [2.45, 2.75) is 46.1 Å². The molecule has 4 rings (SSSR count). The van der Waals surface area contributed by atoms with Crippen molar-refractivity contribution >= 4 is 5.91 Å². The summed E-state index contributed by atoms with van der Waals surface area (Å²) in [5, 5.41) is 0. The van der Waals surface area contributed by atoms with Crippen molar-refractivity contribution in [2.75, 3.05) is 13.2 Å². The Morgan fingerprint density at radius 1 is 1.13 bits per heavy atom. The average molecular weight is 418 g/mol. The molecule has 7 heteroatoms. The van der Waals surface area contributed by atoms with Gasteiger partial charge in [-0.25, -0.2) is 15.0 Å². The predicted molar refractivity (Wildman–Crippen MR) is 118 cm³/mol. The smallest absolute Gasteiger partial charge is 0.259 e. The third-order valence-electron chi connectivity index (χ3n) is 5.61. The summed E-state index contributed by atoms with van der Waals surface area (Å²) in [6, 6.07) is 5.40. The second-order valence-corrected chi connectivity index (χ2v) is 7.71. The van der Waals surface area contributed by atoms with E-state index >= 15 is 0 Å². The number of ether oxygens (including phenoxy) is 1. The highest BCUT2D eigenvalue weighted by Gasteiger charge is 2.33. The highest BCUT2D eigenvalue weighted by Crippen LogP contribution is 2.37. The fraction of sp³-hybridized carbons (Fsp3) is 0.375. The molecule has 1 amide bonds. The number of nitrogens with zero attached hydrogens (tertiary/aromatic N) is 5. The van der Waals surface area contributed by atoms with Crippen LogP contribution in [0.4, 0.5) is 0 Å². The Labute approximate surface area is 182 Å². The van der Waals surface area contributed by atoms with Gasteiger partial charge >= 0.3 is 0 Å². The Hall–Kier alpha value is -3.35. The molecule has 0 spiro atoms. The number of hydrogen-bond acceptors (Lipinski definition) is 6. The molecule has 0 bridgehead atoms. The number of aryl methyl sites for hydroxylation is 2. The molecule has 1 aliphatic heterocycles. The topological polar surface area (TPSA) is 81.1 Å². The van der Waals surface area contributed by atoms with Crippen LogP contribution < -0.4 is 4.74 Å². The maximum atomic E-state index is 13.6. The van der Waals surface area contributed by atoms with Gasteiger partial charge in [0.1, 0.15) is 11.4 Å². The highest BCUT2D eigenvalue weighted by molar-refractivity contribution is 5.96. The first-order valence-corrected chi connectivity index (χ1v) is 10.7. The van der Waals surface area contributed by atoms with Gasteiger partial charge in [0.05, 0.1) is 18.3 Å². The van der Waals surface area contributed by atoms with Crippen molar-refractivity contribution in [3.05, 3.63) is 65.6 Å². The first kappa shape index (κ1) is 20.9. The van der Waals surface area contributed by atoms with Gasteiger partial charge in [-0.2, -0.15) is 0 Å². The normalized spacial score (nSPS) is 16.2. The summed E-state index contributed by atoms with van der Waals surface area (Å²) in [6.45, 7) is 6.93. The standard InChI is InChI=1S/C24H27N5O2/c1-4-31-23-19(8-7-11-26-23)24(30)29-13-6-5-9-21(29)22-20(15-27-17(3)28-22)18-10-12-25-14-16(18)2/h7-8,10-12,14-15,21H,4-6,9,13H2,1-3H3/t21-/m0/s1. The Kier molecular flexibility index (Phi) is 6.21. The molecule has 1 fully saturated rings. The van der Waals surface area contributed by atoms with Gasteiger partial charge in [-0.1, -0.05) is 0 Å². The molecular weight excluding hydrogens is 390 g/mol. The molecule has 3 aromatic rings. The van der Waals surface area contributed by atoms with Gasteiger partial charge in [-0.15, -0.1) is 0 Å². The van der Waals surface area contributed by atoms with E-state index in [-0.39, 0.29) is 11.9 Å². The molecule has 4 heterocycles. The Morgan fingerprint density at radius 3 is 2.81 bits per heavy atom. The molecule has 31 heavy (non-hydrogen) atoms. The molecule has 1 saturated heterocycles. The van der Waals surface area contributed by atoms with Crippen LogP contribution in [0.3, 0.4) is 0 Å². The SMILES string of the molecule is CCOc1ncccc1C(=O)N1CCCC[C@H]1c1nc(C)ncc1-c1ccncc1C. The highest BCUT2D eigenvalue weighted by atomic mass is 16.5. The predicted octanol–water partition coefficient (Wildman–Crippen LogP) is 4.32. The lowest BCUT2D eigenvalue weighted by atomic mass is 9.92. The van der Waals surface area contributed by atoms with Crippen LogP contribution in [0.5, 0.6) is 5.88 Å². The number of piperidine rings is 1. The van der Waals surface area contributed by atoms with Gasteiger partial charge in [0.2, 0.25) is 5.88 Å². The van der Waals surface area contributed by atoms with E-state index in [2.05, 4.69) is 15.0 Å². The van der Waals surface area contributed by atoms with Crippen molar-refractivity contribution in [1.82, 2.24) is 24.8 Å². The van der Waals surface area contributed by atoms with Gasteiger partial charge in [0, 0.05) is 36.9 Å². The van der Waals surface area contributed by atoms with E-state index < -0.39 is 0 Å². The summed E-state index contributed by atoms with van der Waals surface area (Å²) in [4.78, 5) is 33.3. The number of carbonyl (C=O) groups is 1. The Bertz CT molecular complexity index is 1090.